The van der Waals surface area contributed by atoms with Gasteiger partial charge in [0.1, 0.15) is 17.4 Å². The molecule has 1 saturated heterocycles. The zero-order chi connectivity index (χ0) is 19.6. The van der Waals surface area contributed by atoms with Gasteiger partial charge in [-0.15, -0.1) is 0 Å². The van der Waals surface area contributed by atoms with E-state index in [0.29, 0.717) is 22.9 Å². The molecule has 8 heteroatoms. The van der Waals surface area contributed by atoms with Gasteiger partial charge in [0, 0.05) is 35.7 Å². The number of hydrogen-bond acceptors (Lipinski definition) is 6. The second kappa shape index (κ2) is 7.29. The van der Waals surface area contributed by atoms with Crippen molar-refractivity contribution in [3.05, 3.63) is 48.2 Å². The third kappa shape index (κ3) is 4.04. The number of amides is 1. The molecule has 1 aliphatic rings. The largest absolute Gasteiger partial charge is 0.507 e. The fourth-order valence-electron chi connectivity index (χ4n) is 3.14. The van der Waals surface area contributed by atoms with E-state index in [0.717, 1.165) is 0 Å². The Kier molecular flexibility index (Phi) is 5.06. The summed E-state index contributed by atoms with van der Waals surface area (Å²) >= 11 is 0. The van der Waals surface area contributed by atoms with Crippen molar-refractivity contribution in [3.8, 4) is 11.8 Å². The molecule has 0 spiro atoms. The van der Waals surface area contributed by atoms with Gasteiger partial charge in [0.2, 0.25) is 0 Å². The summed E-state index contributed by atoms with van der Waals surface area (Å²) in [5.74, 6) is -0.366. The number of aromatic hydroxyl groups is 1. The van der Waals surface area contributed by atoms with E-state index in [1.54, 1.807) is 48.3 Å². The Morgan fingerprint density at radius 2 is 2.00 bits per heavy atom. The monoisotopic (exact) mass is 385 g/mol. The number of phenolic OH excluding ortho intramolecular Hbond substituents is 1. The van der Waals surface area contributed by atoms with Gasteiger partial charge >= 0.3 is 0 Å². The van der Waals surface area contributed by atoms with Gasteiger partial charge < -0.3 is 15.3 Å². The minimum Gasteiger partial charge on any atom is -0.507 e. The van der Waals surface area contributed by atoms with E-state index < -0.39 is 15.7 Å². The smallest absolute Gasteiger partial charge is 0.267 e. The van der Waals surface area contributed by atoms with Gasteiger partial charge in [-0.05, 0) is 18.6 Å². The van der Waals surface area contributed by atoms with Gasteiger partial charge in [-0.1, -0.05) is 24.3 Å². The van der Waals surface area contributed by atoms with Crippen LogP contribution in [-0.4, -0.2) is 48.9 Å². The molecule has 0 aliphatic carbocycles. The lowest BCUT2D eigenvalue weighted by atomic mass is 10.1. The van der Waals surface area contributed by atoms with Crippen LogP contribution in [0.3, 0.4) is 0 Å². The quantitative estimate of drug-likeness (QED) is 0.615. The van der Waals surface area contributed by atoms with Crippen LogP contribution in [0.4, 0.5) is 5.69 Å². The summed E-state index contributed by atoms with van der Waals surface area (Å²) in [4.78, 5) is 14.1. The molecule has 140 valence electrons. The summed E-state index contributed by atoms with van der Waals surface area (Å²) in [6.45, 7) is 0. The van der Waals surface area contributed by atoms with Crippen LogP contribution >= 0.6 is 0 Å². The van der Waals surface area contributed by atoms with E-state index in [-0.39, 0.29) is 28.9 Å². The molecule has 7 nitrogen and oxygen atoms in total. The van der Waals surface area contributed by atoms with Crippen molar-refractivity contribution in [1.29, 1.82) is 5.26 Å². The first-order valence-electron chi connectivity index (χ1n) is 8.37. The number of nitrogens with zero attached hydrogens (tertiary/aromatic N) is 2. The Labute approximate surface area is 157 Å². The Bertz CT molecular complexity index is 1070. The number of hydrogen-bond donors (Lipinski definition) is 2. The van der Waals surface area contributed by atoms with Gasteiger partial charge in [0.25, 0.3) is 5.91 Å². The highest BCUT2D eigenvalue weighted by molar-refractivity contribution is 7.91. The molecular formula is C19H19N3O4S. The van der Waals surface area contributed by atoms with E-state index in [2.05, 4.69) is 5.32 Å². The molecule has 0 bridgehead atoms. The van der Waals surface area contributed by atoms with Crippen molar-refractivity contribution in [3.63, 3.8) is 0 Å². The van der Waals surface area contributed by atoms with Crippen LogP contribution in [0.5, 0.6) is 5.75 Å². The van der Waals surface area contributed by atoms with Crippen LogP contribution in [0, 0.1) is 11.3 Å². The van der Waals surface area contributed by atoms with E-state index in [1.807, 2.05) is 6.07 Å². The molecule has 1 unspecified atom stereocenters. The van der Waals surface area contributed by atoms with Crippen molar-refractivity contribution < 1.29 is 18.3 Å². The van der Waals surface area contributed by atoms with Crippen LogP contribution in [0.1, 0.15) is 6.42 Å². The van der Waals surface area contributed by atoms with Crippen LogP contribution < -0.4 is 5.32 Å². The second-order valence-corrected chi connectivity index (χ2v) is 8.74. The molecule has 1 fully saturated rings. The predicted octanol–water partition coefficient (Wildman–Crippen LogP) is 2.01. The van der Waals surface area contributed by atoms with Gasteiger partial charge in [0.15, 0.2) is 9.84 Å². The van der Waals surface area contributed by atoms with E-state index in [1.165, 1.54) is 6.20 Å². The molecule has 0 radical (unpaired) electrons. The summed E-state index contributed by atoms with van der Waals surface area (Å²) in [5, 5.41) is 23.2. The summed E-state index contributed by atoms with van der Waals surface area (Å²) in [6, 6.07) is 11.7. The number of fused-ring (bicyclic) bond motifs is 1. The Hall–Kier alpha value is -3.05. The number of anilines is 1. The lowest BCUT2D eigenvalue weighted by Gasteiger charge is -2.21. The summed E-state index contributed by atoms with van der Waals surface area (Å²) in [7, 11) is -1.40. The summed E-state index contributed by atoms with van der Waals surface area (Å²) in [6.07, 6.45) is 1.85. The first kappa shape index (κ1) is 18.7. The molecule has 2 aromatic rings. The molecule has 2 N–H and O–H groups in total. The van der Waals surface area contributed by atoms with E-state index in [4.69, 9.17) is 0 Å². The normalized spacial score (nSPS) is 18.8. The van der Waals surface area contributed by atoms with Crippen molar-refractivity contribution in [2.45, 2.75) is 12.5 Å². The minimum absolute atomic E-state index is 0.0168. The lowest BCUT2D eigenvalue weighted by Crippen LogP contribution is -2.29. The molecule has 27 heavy (non-hydrogen) atoms. The van der Waals surface area contributed by atoms with Crippen molar-refractivity contribution in [1.82, 2.24) is 4.90 Å². The molecule has 3 rings (SSSR count). The maximum atomic E-state index is 12.5. The number of nitrogens with one attached hydrogen (secondary N) is 1. The highest BCUT2D eigenvalue weighted by Gasteiger charge is 2.30. The second-order valence-electron chi connectivity index (χ2n) is 6.51. The fraction of sp³-hybridized carbons (Fsp3) is 0.263. The standard InChI is InChI=1S/C19H19N3O4S/c1-22(14-8-9-27(25,26)12-14)11-13(10-20)19(24)21-17-6-2-5-16-15(17)4-3-7-18(16)23/h2-7,11,14,23H,8-9,12H2,1H3,(H,21,24)/b13-11-. The third-order valence-electron chi connectivity index (χ3n) is 4.63. The third-order valence-corrected chi connectivity index (χ3v) is 6.38. The SMILES string of the molecule is CN(/C=C(/C#N)C(=O)Nc1cccc2c(O)cccc12)C1CCS(=O)(=O)C1. The molecule has 1 amide bonds. The van der Waals surface area contributed by atoms with Crippen LogP contribution in [0.15, 0.2) is 48.2 Å². The zero-order valence-electron chi connectivity index (χ0n) is 14.7. The van der Waals surface area contributed by atoms with Gasteiger partial charge in [0.05, 0.1) is 11.5 Å². The maximum absolute atomic E-state index is 12.5. The van der Waals surface area contributed by atoms with Crippen LogP contribution in [0.25, 0.3) is 10.8 Å². The van der Waals surface area contributed by atoms with Gasteiger partial charge in [-0.25, -0.2) is 8.42 Å². The van der Waals surface area contributed by atoms with E-state index >= 15 is 0 Å². The Morgan fingerprint density at radius 1 is 1.30 bits per heavy atom. The van der Waals surface area contributed by atoms with Crippen molar-refractivity contribution >= 4 is 32.2 Å². The number of carbonyl (C=O) groups is 1. The molecule has 0 aromatic heterocycles. The van der Waals surface area contributed by atoms with Crippen LogP contribution in [-0.2, 0) is 14.6 Å². The summed E-state index contributed by atoms with van der Waals surface area (Å²) in [5.41, 5.74) is 0.347. The minimum atomic E-state index is -3.06. The van der Waals surface area contributed by atoms with E-state index in [9.17, 15) is 23.6 Å². The summed E-state index contributed by atoms with van der Waals surface area (Å²) < 4.78 is 23.2. The molecule has 0 saturated carbocycles. The number of phenols is 1. The Balaban J connectivity index is 1.82. The topological polar surface area (TPSA) is 110 Å². The molecular weight excluding hydrogens is 366 g/mol. The number of sulfone groups is 1. The maximum Gasteiger partial charge on any atom is 0.267 e. The lowest BCUT2D eigenvalue weighted by molar-refractivity contribution is -0.112. The highest BCUT2D eigenvalue weighted by atomic mass is 32.2. The Morgan fingerprint density at radius 3 is 2.67 bits per heavy atom. The first-order chi connectivity index (χ1) is 12.8. The number of carbonyl (C=O) groups excluding carboxylic acids is 1. The average molecular weight is 385 g/mol. The molecule has 1 aliphatic heterocycles. The molecule has 1 atom stereocenters. The average Bonchev–Trinajstić information content (AvgIpc) is 3.00. The van der Waals surface area contributed by atoms with Gasteiger partial charge in [-0.3, -0.25) is 4.79 Å². The highest BCUT2D eigenvalue weighted by Crippen LogP contribution is 2.30. The number of rotatable bonds is 4. The first-order valence-corrected chi connectivity index (χ1v) is 10.2. The van der Waals surface area contributed by atoms with Crippen molar-refractivity contribution in [2.24, 2.45) is 0 Å². The van der Waals surface area contributed by atoms with Crippen LogP contribution in [0.2, 0.25) is 0 Å². The number of benzene rings is 2. The zero-order valence-corrected chi connectivity index (χ0v) is 15.5. The number of nitriles is 1. The van der Waals surface area contributed by atoms with Gasteiger partial charge in [-0.2, -0.15) is 5.26 Å². The van der Waals surface area contributed by atoms with Crippen molar-refractivity contribution in [2.75, 3.05) is 23.9 Å². The fourth-order valence-corrected chi connectivity index (χ4v) is 4.92. The molecule has 2 aromatic carbocycles. The molecule has 1 heterocycles. The predicted molar refractivity (Wildman–Crippen MR) is 103 cm³/mol.